The SMILES string of the molecule is CC(=O)Nc1ccc(C)c(NC(=O)c2ccc(Cl)s2)c1. The van der Waals surface area contributed by atoms with Gasteiger partial charge >= 0.3 is 0 Å². The molecule has 0 radical (unpaired) electrons. The second-order valence-corrected chi connectivity index (χ2v) is 5.98. The zero-order chi connectivity index (χ0) is 14.7. The molecule has 0 saturated carbocycles. The van der Waals surface area contributed by atoms with Crippen molar-refractivity contribution >= 4 is 46.1 Å². The average molecular weight is 309 g/mol. The summed E-state index contributed by atoms with van der Waals surface area (Å²) in [5.41, 5.74) is 2.21. The molecule has 2 N–H and O–H groups in total. The molecule has 0 bridgehead atoms. The maximum Gasteiger partial charge on any atom is 0.265 e. The molecule has 0 spiro atoms. The van der Waals surface area contributed by atoms with Gasteiger partial charge < -0.3 is 10.6 Å². The van der Waals surface area contributed by atoms with Gasteiger partial charge in [0.25, 0.3) is 5.91 Å². The van der Waals surface area contributed by atoms with E-state index in [0.717, 1.165) is 5.56 Å². The number of hydrogen-bond donors (Lipinski definition) is 2. The second kappa shape index (κ2) is 6.07. The summed E-state index contributed by atoms with van der Waals surface area (Å²) in [7, 11) is 0. The summed E-state index contributed by atoms with van der Waals surface area (Å²) in [5.74, 6) is -0.374. The molecule has 20 heavy (non-hydrogen) atoms. The molecule has 0 saturated heterocycles. The third-order valence-corrected chi connectivity index (χ3v) is 3.83. The van der Waals surface area contributed by atoms with Crippen molar-refractivity contribution in [3.63, 3.8) is 0 Å². The van der Waals surface area contributed by atoms with Crippen LogP contribution in [-0.2, 0) is 4.79 Å². The number of nitrogens with one attached hydrogen (secondary N) is 2. The van der Waals surface area contributed by atoms with E-state index in [0.29, 0.717) is 20.6 Å². The molecule has 0 unspecified atom stereocenters. The summed E-state index contributed by atoms with van der Waals surface area (Å²) in [6.45, 7) is 3.32. The molecule has 6 heteroatoms. The Morgan fingerprint density at radius 3 is 2.50 bits per heavy atom. The van der Waals surface area contributed by atoms with Gasteiger partial charge in [-0.25, -0.2) is 0 Å². The van der Waals surface area contributed by atoms with E-state index >= 15 is 0 Å². The standard InChI is InChI=1S/C14H13ClN2O2S/c1-8-3-4-10(16-9(2)18)7-11(8)17-14(19)12-5-6-13(15)20-12/h3-7H,1-2H3,(H,16,18)(H,17,19). The fraction of sp³-hybridized carbons (Fsp3) is 0.143. The summed E-state index contributed by atoms with van der Waals surface area (Å²) in [5, 5.41) is 5.50. The zero-order valence-corrected chi connectivity index (χ0v) is 12.6. The first-order valence-corrected chi connectivity index (χ1v) is 7.10. The van der Waals surface area contributed by atoms with E-state index < -0.39 is 0 Å². The lowest BCUT2D eigenvalue weighted by atomic mass is 10.1. The maximum atomic E-state index is 12.1. The van der Waals surface area contributed by atoms with Crippen LogP contribution in [0, 0.1) is 6.92 Å². The van der Waals surface area contributed by atoms with Crippen LogP contribution in [0.3, 0.4) is 0 Å². The smallest absolute Gasteiger partial charge is 0.265 e. The molecule has 1 aromatic heterocycles. The summed E-state index contributed by atoms with van der Waals surface area (Å²) < 4.78 is 0.568. The molecule has 0 aliphatic carbocycles. The molecule has 0 aliphatic rings. The predicted molar refractivity (Wildman–Crippen MR) is 82.8 cm³/mol. The molecule has 2 aromatic rings. The highest BCUT2D eigenvalue weighted by Crippen LogP contribution is 2.24. The van der Waals surface area contributed by atoms with Crippen molar-refractivity contribution < 1.29 is 9.59 Å². The molecular formula is C14H13ClN2O2S. The number of aryl methyl sites for hydroxylation is 1. The van der Waals surface area contributed by atoms with Crippen LogP contribution in [0.1, 0.15) is 22.2 Å². The van der Waals surface area contributed by atoms with E-state index in [9.17, 15) is 9.59 Å². The zero-order valence-electron chi connectivity index (χ0n) is 11.0. The minimum absolute atomic E-state index is 0.156. The van der Waals surface area contributed by atoms with E-state index in [1.807, 2.05) is 13.0 Å². The molecule has 0 fully saturated rings. The van der Waals surface area contributed by atoms with E-state index in [1.54, 1.807) is 24.3 Å². The Morgan fingerprint density at radius 1 is 1.15 bits per heavy atom. The number of carbonyl (C=O) groups excluding carboxylic acids is 2. The molecule has 1 heterocycles. The van der Waals surface area contributed by atoms with Gasteiger partial charge in [0.15, 0.2) is 0 Å². The van der Waals surface area contributed by atoms with Crippen molar-refractivity contribution in [3.8, 4) is 0 Å². The summed E-state index contributed by atoms with van der Waals surface area (Å²) >= 11 is 7.03. The Bertz CT molecular complexity index is 667. The number of benzene rings is 1. The van der Waals surface area contributed by atoms with Gasteiger partial charge in [-0.2, -0.15) is 0 Å². The summed E-state index contributed by atoms with van der Waals surface area (Å²) in [6, 6.07) is 8.71. The second-order valence-electron chi connectivity index (χ2n) is 4.27. The summed E-state index contributed by atoms with van der Waals surface area (Å²) in [6.07, 6.45) is 0. The minimum atomic E-state index is -0.218. The van der Waals surface area contributed by atoms with Crippen LogP contribution in [0.25, 0.3) is 0 Å². The number of rotatable bonds is 3. The van der Waals surface area contributed by atoms with Crippen LogP contribution >= 0.6 is 22.9 Å². The Hall–Kier alpha value is -1.85. The van der Waals surface area contributed by atoms with Gasteiger partial charge in [-0.3, -0.25) is 9.59 Å². The highest BCUT2D eigenvalue weighted by molar-refractivity contribution is 7.18. The molecule has 2 amide bonds. The number of hydrogen-bond acceptors (Lipinski definition) is 3. The Labute approximate surface area is 125 Å². The van der Waals surface area contributed by atoms with Crippen molar-refractivity contribution in [3.05, 3.63) is 45.1 Å². The maximum absolute atomic E-state index is 12.1. The number of carbonyl (C=O) groups is 2. The van der Waals surface area contributed by atoms with Crippen LogP contribution < -0.4 is 10.6 Å². The molecule has 0 aliphatic heterocycles. The highest BCUT2D eigenvalue weighted by Gasteiger charge is 2.11. The third kappa shape index (κ3) is 3.59. The lowest BCUT2D eigenvalue weighted by Gasteiger charge is -2.10. The number of anilines is 2. The average Bonchev–Trinajstić information content (AvgIpc) is 2.79. The van der Waals surface area contributed by atoms with E-state index in [1.165, 1.54) is 18.3 Å². The van der Waals surface area contributed by atoms with Gasteiger partial charge in [0, 0.05) is 18.3 Å². The van der Waals surface area contributed by atoms with Crippen molar-refractivity contribution in [1.82, 2.24) is 0 Å². The van der Waals surface area contributed by atoms with E-state index in [-0.39, 0.29) is 11.8 Å². The van der Waals surface area contributed by atoms with Gasteiger partial charge in [0.1, 0.15) is 0 Å². The van der Waals surface area contributed by atoms with E-state index in [2.05, 4.69) is 10.6 Å². The number of thiophene rings is 1. The molecule has 1 aromatic carbocycles. The fourth-order valence-corrected chi connectivity index (χ4v) is 2.60. The third-order valence-electron chi connectivity index (χ3n) is 2.60. The van der Waals surface area contributed by atoms with Crippen molar-refractivity contribution in [1.29, 1.82) is 0 Å². The van der Waals surface area contributed by atoms with Gasteiger partial charge in [-0.15, -0.1) is 11.3 Å². The predicted octanol–water partition coefficient (Wildman–Crippen LogP) is 3.92. The molecule has 4 nitrogen and oxygen atoms in total. The van der Waals surface area contributed by atoms with Crippen molar-refractivity contribution in [2.75, 3.05) is 10.6 Å². The monoisotopic (exact) mass is 308 g/mol. The minimum Gasteiger partial charge on any atom is -0.326 e. The lowest BCUT2D eigenvalue weighted by Crippen LogP contribution is -2.12. The van der Waals surface area contributed by atoms with Crippen LogP contribution in [0.4, 0.5) is 11.4 Å². The van der Waals surface area contributed by atoms with Gasteiger partial charge in [-0.1, -0.05) is 17.7 Å². The van der Waals surface area contributed by atoms with Gasteiger partial charge in [0.05, 0.1) is 9.21 Å². The first-order valence-electron chi connectivity index (χ1n) is 5.90. The largest absolute Gasteiger partial charge is 0.326 e. The Kier molecular flexibility index (Phi) is 4.42. The number of halogens is 1. The van der Waals surface area contributed by atoms with Crippen LogP contribution in [-0.4, -0.2) is 11.8 Å². The molecule has 2 rings (SSSR count). The van der Waals surface area contributed by atoms with Gasteiger partial charge in [0.2, 0.25) is 5.91 Å². The quantitative estimate of drug-likeness (QED) is 0.903. The van der Waals surface area contributed by atoms with Crippen molar-refractivity contribution in [2.45, 2.75) is 13.8 Å². The number of amides is 2. The molecule has 104 valence electrons. The van der Waals surface area contributed by atoms with Crippen LogP contribution in [0.15, 0.2) is 30.3 Å². The first kappa shape index (κ1) is 14.6. The Morgan fingerprint density at radius 2 is 1.90 bits per heavy atom. The summed E-state index contributed by atoms with van der Waals surface area (Å²) in [4.78, 5) is 23.7. The fourth-order valence-electron chi connectivity index (χ4n) is 1.66. The highest BCUT2D eigenvalue weighted by atomic mass is 35.5. The Balaban J connectivity index is 2.19. The molecule has 0 atom stereocenters. The lowest BCUT2D eigenvalue weighted by molar-refractivity contribution is -0.114. The van der Waals surface area contributed by atoms with Gasteiger partial charge in [-0.05, 0) is 36.8 Å². The van der Waals surface area contributed by atoms with Crippen LogP contribution in [0.5, 0.6) is 0 Å². The first-order chi connectivity index (χ1) is 9.45. The van der Waals surface area contributed by atoms with E-state index in [4.69, 9.17) is 11.6 Å². The van der Waals surface area contributed by atoms with Crippen molar-refractivity contribution in [2.24, 2.45) is 0 Å². The molecular weight excluding hydrogens is 296 g/mol. The normalized spacial score (nSPS) is 10.2. The van der Waals surface area contributed by atoms with Crippen LogP contribution in [0.2, 0.25) is 4.34 Å². The topological polar surface area (TPSA) is 58.2 Å².